The number of hydrogen-bond donors (Lipinski definition) is 0. The highest BCUT2D eigenvalue weighted by Crippen LogP contribution is 2.28. The first-order chi connectivity index (χ1) is 8.72. The predicted octanol–water partition coefficient (Wildman–Crippen LogP) is 5.43. The second-order valence-electron chi connectivity index (χ2n) is 3.99. The first-order valence-corrected chi connectivity index (χ1v) is 6.75. The Morgan fingerprint density at radius 3 is 2.50 bits per heavy atom. The smallest absolute Gasteiger partial charge is 0.128 e. The minimum absolute atomic E-state index is 0.407. The Morgan fingerprint density at radius 2 is 1.83 bits per heavy atom. The lowest BCUT2D eigenvalue weighted by Crippen LogP contribution is -1.88. The fourth-order valence-electron chi connectivity index (χ4n) is 1.66. The zero-order valence-corrected chi connectivity index (χ0v) is 11.6. The molecule has 2 aromatic rings. The Morgan fingerprint density at radius 1 is 1.06 bits per heavy atom. The van der Waals surface area contributed by atoms with Crippen molar-refractivity contribution in [1.82, 2.24) is 0 Å². The summed E-state index contributed by atoms with van der Waals surface area (Å²) in [6.45, 7) is 2.12. The average molecular weight is 281 g/mol. The van der Waals surface area contributed by atoms with Crippen molar-refractivity contribution in [2.45, 2.75) is 19.2 Å². The highest BCUT2D eigenvalue weighted by Gasteiger charge is 2.03. The molecule has 94 valence electrons. The van der Waals surface area contributed by atoms with Crippen molar-refractivity contribution in [3.8, 4) is 11.5 Å². The quantitative estimate of drug-likeness (QED) is 0.678. The third kappa shape index (κ3) is 3.18. The fraction of sp³-hybridized carbons (Fsp3) is 0.200. The first kappa shape index (κ1) is 13.3. The van der Waals surface area contributed by atoms with Gasteiger partial charge in [0.15, 0.2) is 0 Å². The van der Waals surface area contributed by atoms with Crippen molar-refractivity contribution in [2.24, 2.45) is 0 Å². The number of ether oxygens (including phenoxy) is 1. The van der Waals surface area contributed by atoms with E-state index in [1.807, 2.05) is 30.3 Å². The molecule has 0 bridgehead atoms. The number of rotatable bonds is 4. The van der Waals surface area contributed by atoms with E-state index < -0.39 is 0 Å². The minimum atomic E-state index is 0.407. The molecule has 0 N–H and O–H groups in total. The summed E-state index contributed by atoms with van der Waals surface area (Å²) in [5.41, 5.74) is 2.16. The van der Waals surface area contributed by atoms with Crippen LogP contribution in [0.15, 0.2) is 42.5 Å². The van der Waals surface area contributed by atoms with Crippen LogP contribution in [0.2, 0.25) is 5.02 Å². The van der Waals surface area contributed by atoms with Gasteiger partial charge < -0.3 is 4.74 Å². The number of benzene rings is 2. The van der Waals surface area contributed by atoms with Gasteiger partial charge in [-0.25, -0.2) is 0 Å². The van der Waals surface area contributed by atoms with Crippen molar-refractivity contribution in [1.29, 1.82) is 0 Å². The molecule has 0 aliphatic rings. The molecule has 0 heterocycles. The lowest BCUT2D eigenvalue weighted by Gasteiger charge is -2.08. The van der Waals surface area contributed by atoms with Gasteiger partial charge in [-0.15, -0.1) is 11.6 Å². The minimum Gasteiger partial charge on any atom is -0.457 e. The van der Waals surface area contributed by atoms with Crippen LogP contribution in [0.5, 0.6) is 11.5 Å². The van der Waals surface area contributed by atoms with Crippen LogP contribution in [0.4, 0.5) is 0 Å². The van der Waals surface area contributed by atoms with Crippen LogP contribution in [-0.4, -0.2) is 0 Å². The van der Waals surface area contributed by atoms with E-state index in [0.29, 0.717) is 10.9 Å². The van der Waals surface area contributed by atoms with E-state index in [2.05, 4.69) is 13.0 Å². The Labute approximate surface area is 117 Å². The summed E-state index contributed by atoms with van der Waals surface area (Å²) < 4.78 is 5.77. The molecule has 0 amide bonds. The lowest BCUT2D eigenvalue weighted by molar-refractivity contribution is 0.482. The molecule has 0 aliphatic heterocycles. The third-order valence-corrected chi connectivity index (χ3v) is 3.35. The molecule has 0 saturated heterocycles. The SMILES string of the molecule is CCc1cccc(Oc2ccc(CCl)c(Cl)c2)c1. The van der Waals surface area contributed by atoms with Crippen LogP contribution < -0.4 is 4.74 Å². The average Bonchev–Trinajstić information content (AvgIpc) is 2.39. The summed E-state index contributed by atoms with van der Waals surface area (Å²) in [6, 6.07) is 13.6. The van der Waals surface area contributed by atoms with Gasteiger partial charge in [-0.3, -0.25) is 0 Å². The zero-order chi connectivity index (χ0) is 13.0. The maximum Gasteiger partial charge on any atom is 0.128 e. The fourth-order valence-corrected chi connectivity index (χ4v) is 2.20. The van der Waals surface area contributed by atoms with Gasteiger partial charge in [0.2, 0.25) is 0 Å². The Bertz CT molecular complexity index is 538. The zero-order valence-electron chi connectivity index (χ0n) is 10.1. The Kier molecular flexibility index (Phi) is 4.51. The Balaban J connectivity index is 2.20. The van der Waals surface area contributed by atoms with E-state index >= 15 is 0 Å². The molecule has 0 atom stereocenters. The molecular weight excluding hydrogens is 267 g/mol. The topological polar surface area (TPSA) is 9.23 Å². The number of aryl methyl sites for hydroxylation is 1. The summed E-state index contributed by atoms with van der Waals surface area (Å²) in [5, 5.41) is 0.633. The van der Waals surface area contributed by atoms with Crippen LogP contribution in [0, 0.1) is 0 Å². The molecule has 0 spiro atoms. The summed E-state index contributed by atoms with van der Waals surface area (Å²) >= 11 is 11.8. The van der Waals surface area contributed by atoms with Crippen LogP contribution >= 0.6 is 23.2 Å². The predicted molar refractivity (Wildman–Crippen MR) is 76.9 cm³/mol. The van der Waals surface area contributed by atoms with E-state index in [0.717, 1.165) is 23.5 Å². The third-order valence-electron chi connectivity index (χ3n) is 2.71. The van der Waals surface area contributed by atoms with Gasteiger partial charge in [-0.2, -0.15) is 0 Å². The van der Waals surface area contributed by atoms with Crippen molar-refractivity contribution < 1.29 is 4.74 Å². The van der Waals surface area contributed by atoms with Crippen molar-refractivity contribution in [2.75, 3.05) is 0 Å². The van der Waals surface area contributed by atoms with Gasteiger partial charge in [0.1, 0.15) is 11.5 Å². The van der Waals surface area contributed by atoms with E-state index in [9.17, 15) is 0 Å². The van der Waals surface area contributed by atoms with Crippen LogP contribution in [0.3, 0.4) is 0 Å². The second-order valence-corrected chi connectivity index (χ2v) is 4.66. The molecule has 0 aliphatic carbocycles. The van der Waals surface area contributed by atoms with E-state index in [4.69, 9.17) is 27.9 Å². The van der Waals surface area contributed by atoms with Crippen molar-refractivity contribution >= 4 is 23.2 Å². The monoisotopic (exact) mass is 280 g/mol. The summed E-state index contributed by atoms with van der Waals surface area (Å²) in [4.78, 5) is 0. The molecule has 0 aromatic heterocycles. The van der Waals surface area contributed by atoms with Crippen LogP contribution in [-0.2, 0) is 12.3 Å². The van der Waals surface area contributed by atoms with Crippen LogP contribution in [0.25, 0.3) is 0 Å². The molecule has 0 unspecified atom stereocenters. The molecule has 2 aromatic carbocycles. The van der Waals surface area contributed by atoms with Gasteiger partial charge in [0, 0.05) is 10.9 Å². The van der Waals surface area contributed by atoms with Gasteiger partial charge in [0.05, 0.1) is 0 Å². The number of alkyl halides is 1. The van der Waals surface area contributed by atoms with Gasteiger partial charge in [-0.05, 0) is 41.8 Å². The molecule has 0 radical (unpaired) electrons. The normalized spacial score (nSPS) is 10.4. The largest absolute Gasteiger partial charge is 0.457 e. The van der Waals surface area contributed by atoms with Gasteiger partial charge in [-0.1, -0.05) is 36.7 Å². The van der Waals surface area contributed by atoms with Gasteiger partial charge >= 0.3 is 0 Å². The molecule has 3 heteroatoms. The molecule has 0 fully saturated rings. The van der Waals surface area contributed by atoms with E-state index in [1.165, 1.54) is 5.56 Å². The molecule has 18 heavy (non-hydrogen) atoms. The highest BCUT2D eigenvalue weighted by atomic mass is 35.5. The summed E-state index contributed by atoms with van der Waals surface area (Å²) in [6.07, 6.45) is 0.989. The highest BCUT2D eigenvalue weighted by molar-refractivity contribution is 6.32. The summed E-state index contributed by atoms with van der Waals surface area (Å²) in [7, 11) is 0. The van der Waals surface area contributed by atoms with Crippen molar-refractivity contribution in [3.05, 3.63) is 58.6 Å². The van der Waals surface area contributed by atoms with Crippen molar-refractivity contribution in [3.63, 3.8) is 0 Å². The maximum atomic E-state index is 6.09. The number of halogens is 2. The molecule has 2 rings (SSSR count). The second kappa shape index (κ2) is 6.12. The van der Waals surface area contributed by atoms with E-state index in [1.54, 1.807) is 6.07 Å². The van der Waals surface area contributed by atoms with Crippen LogP contribution in [0.1, 0.15) is 18.1 Å². The molecule has 0 saturated carbocycles. The number of hydrogen-bond acceptors (Lipinski definition) is 1. The molecule has 1 nitrogen and oxygen atoms in total. The summed E-state index contributed by atoms with van der Waals surface area (Å²) in [5.74, 6) is 1.95. The first-order valence-electron chi connectivity index (χ1n) is 5.84. The van der Waals surface area contributed by atoms with E-state index in [-0.39, 0.29) is 0 Å². The van der Waals surface area contributed by atoms with Gasteiger partial charge in [0.25, 0.3) is 0 Å². The lowest BCUT2D eigenvalue weighted by atomic mass is 10.2. The standard InChI is InChI=1S/C15H14Cl2O/c1-2-11-4-3-5-13(8-11)18-14-7-6-12(10-16)15(17)9-14/h3-9H,2,10H2,1H3. The maximum absolute atomic E-state index is 6.09. The Hall–Kier alpha value is -1.18. The molecular formula is C15H14Cl2O.